The molecule has 0 radical (unpaired) electrons. The maximum Gasteiger partial charge on any atom is 0.184 e. The average Bonchev–Trinajstić information content (AvgIpc) is 2.25. The van der Waals surface area contributed by atoms with Gasteiger partial charge >= 0.3 is 0 Å². The van der Waals surface area contributed by atoms with Gasteiger partial charge in [-0.3, -0.25) is 4.98 Å². The largest absolute Gasteiger partial charge is 0.453 e. The van der Waals surface area contributed by atoms with Gasteiger partial charge in [0, 0.05) is 6.07 Å². The van der Waals surface area contributed by atoms with E-state index >= 15 is 0 Å². The average molecular weight is 239 g/mol. The van der Waals surface area contributed by atoms with Crippen LogP contribution in [0.3, 0.4) is 0 Å². The Morgan fingerprint density at radius 3 is 2.88 bits per heavy atom. The predicted molar refractivity (Wildman–Crippen MR) is 60.1 cm³/mol. The first-order valence-electron chi connectivity index (χ1n) is 4.49. The Morgan fingerprint density at radius 2 is 2.12 bits per heavy atom. The molecule has 2 N–H and O–H groups in total. The van der Waals surface area contributed by atoms with Crippen LogP contribution in [-0.2, 0) is 0 Å². The molecule has 0 spiro atoms. The molecule has 1 aromatic carbocycles. The van der Waals surface area contributed by atoms with Crippen molar-refractivity contribution < 1.29 is 9.13 Å². The highest BCUT2D eigenvalue weighted by Crippen LogP contribution is 2.28. The van der Waals surface area contributed by atoms with E-state index in [2.05, 4.69) is 4.98 Å². The lowest BCUT2D eigenvalue weighted by molar-refractivity contribution is 0.441. The van der Waals surface area contributed by atoms with Crippen LogP contribution in [-0.4, -0.2) is 4.98 Å². The maximum absolute atomic E-state index is 13.5. The molecule has 1 aromatic heterocycles. The summed E-state index contributed by atoms with van der Waals surface area (Å²) in [5.41, 5.74) is 5.96. The Kier molecular flexibility index (Phi) is 2.92. The van der Waals surface area contributed by atoms with Gasteiger partial charge in [0.05, 0.1) is 23.1 Å². The monoisotopic (exact) mass is 238 g/mol. The lowest BCUT2D eigenvalue weighted by Crippen LogP contribution is -1.92. The molecule has 82 valence electrons. The van der Waals surface area contributed by atoms with Crippen LogP contribution in [0.15, 0.2) is 36.7 Å². The van der Waals surface area contributed by atoms with E-state index in [1.54, 1.807) is 12.1 Å². The Morgan fingerprint density at radius 1 is 1.31 bits per heavy atom. The molecule has 0 aliphatic heterocycles. The Bertz CT molecular complexity index is 519. The van der Waals surface area contributed by atoms with Gasteiger partial charge in [0.1, 0.15) is 5.75 Å². The van der Waals surface area contributed by atoms with E-state index in [1.165, 1.54) is 24.5 Å². The number of nitrogen functional groups attached to an aromatic ring is 1. The molecule has 0 bridgehead atoms. The van der Waals surface area contributed by atoms with Gasteiger partial charge in [0.25, 0.3) is 0 Å². The first-order valence-corrected chi connectivity index (χ1v) is 4.87. The van der Waals surface area contributed by atoms with Crippen molar-refractivity contribution in [2.75, 3.05) is 5.73 Å². The van der Waals surface area contributed by atoms with Crippen molar-refractivity contribution in [3.8, 4) is 11.5 Å². The molecule has 0 saturated carbocycles. The van der Waals surface area contributed by atoms with Gasteiger partial charge in [-0.2, -0.15) is 0 Å². The second kappa shape index (κ2) is 4.37. The van der Waals surface area contributed by atoms with Gasteiger partial charge in [-0.25, -0.2) is 4.39 Å². The van der Waals surface area contributed by atoms with Crippen molar-refractivity contribution in [3.63, 3.8) is 0 Å². The highest BCUT2D eigenvalue weighted by molar-refractivity contribution is 6.30. The smallest absolute Gasteiger partial charge is 0.184 e. The highest BCUT2D eigenvalue weighted by atomic mass is 35.5. The molecule has 2 aromatic rings. The molecule has 3 nitrogen and oxygen atoms in total. The van der Waals surface area contributed by atoms with E-state index in [1.807, 2.05) is 0 Å². The van der Waals surface area contributed by atoms with E-state index in [9.17, 15) is 4.39 Å². The zero-order valence-corrected chi connectivity index (χ0v) is 8.91. The number of anilines is 1. The first-order chi connectivity index (χ1) is 7.66. The molecule has 1 heterocycles. The molecule has 0 saturated heterocycles. The standard InChI is InChI=1S/C11H8ClFN2O/c12-9-2-1-3-10(11(9)13)16-8-4-7(14)5-15-6-8/h1-6H,14H2. The number of hydrogen-bond donors (Lipinski definition) is 1. The van der Waals surface area contributed by atoms with Crippen molar-refractivity contribution in [2.45, 2.75) is 0 Å². The van der Waals surface area contributed by atoms with Crippen molar-refractivity contribution in [1.82, 2.24) is 4.98 Å². The van der Waals surface area contributed by atoms with Crippen molar-refractivity contribution >= 4 is 17.3 Å². The van der Waals surface area contributed by atoms with Crippen LogP contribution in [0.1, 0.15) is 0 Å². The molecule has 16 heavy (non-hydrogen) atoms. The fourth-order valence-electron chi connectivity index (χ4n) is 1.18. The van der Waals surface area contributed by atoms with E-state index in [4.69, 9.17) is 22.1 Å². The van der Waals surface area contributed by atoms with Crippen LogP contribution in [0, 0.1) is 5.82 Å². The minimum absolute atomic E-state index is 0.00867. The first kappa shape index (κ1) is 10.7. The topological polar surface area (TPSA) is 48.1 Å². The zero-order valence-electron chi connectivity index (χ0n) is 8.15. The van der Waals surface area contributed by atoms with Gasteiger partial charge < -0.3 is 10.5 Å². The van der Waals surface area contributed by atoms with Gasteiger partial charge in [-0.15, -0.1) is 0 Å². The summed E-state index contributed by atoms with van der Waals surface area (Å²) in [6, 6.07) is 6.07. The lowest BCUT2D eigenvalue weighted by Gasteiger charge is -2.07. The number of hydrogen-bond acceptors (Lipinski definition) is 3. The van der Waals surface area contributed by atoms with Crippen molar-refractivity contribution in [2.24, 2.45) is 0 Å². The molecule has 5 heteroatoms. The number of halogens is 2. The molecule has 0 aliphatic rings. The Balaban J connectivity index is 2.31. The quantitative estimate of drug-likeness (QED) is 0.874. The van der Waals surface area contributed by atoms with Crippen LogP contribution in [0.25, 0.3) is 0 Å². The summed E-state index contributed by atoms with van der Waals surface area (Å²) in [6.45, 7) is 0. The summed E-state index contributed by atoms with van der Waals surface area (Å²) in [6.07, 6.45) is 2.91. The SMILES string of the molecule is Nc1cncc(Oc2cccc(Cl)c2F)c1. The van der Waals surface area contributed by atoms with E-state index < -0.39 is 5.82 Å². The third-order valence-corrected chi connectivity index (χ3v) is 2.17. The molecule has 0 atom stereocenters. The summed E-state index contributed by atoms with van der Waals surface area (Å²) in [7, 11) is 0. The summed E-state index contributed by atoms with van der Waals surface area (Å²) in [4.78, 5) is 3.83. The Hall–Kier alpha value is -1.81. The fourth-order valence-corrected chi connectivity index (χ4v) is 1.35. The van der Waals surface area contributed by atoms with Crippen LogP contribution < -0.4 is 10.5 Å². The minimum Gasteiger partial charge on any atom is -0.453 e. The van der Waals surface area contributed by atoms with Crippen molar-refractivity contribution in [1.29, 1.82) is 0 Å². The third kappa shape index (κ3) is 2.23. The molecule has 0 fully saturated rings. The number of rotatable bonds is 2. The number of benzene rings is 1. The van der Waals surface area contributed by atoms with Crippen molar-refractivity contribution in [3.05, 3.63) is 47.5 Å². The Labute approximate surface area is 96.6 Å². The van der Waals surface area contributed by atoms with Crippen LogP contribution >= 0.6 is 11.6 Å². The molecule has 0 unspecified atom stereocenters. The van der Waals surface area contributed by atoms with Crippen LogP contribution in [0.5, 0.6) is 11.5 Å². The number of aromatic nitrogens is 1. The third-order valence-electron chi connectivity index (χ3n) is 1.88. The molecule has 2 rings (SSSR count). The van der Waals surface area contributed by atoms with E-state index in [0.717, 1.165) is 0 Å². The zero-order chi connectivity index (χ0) is 11.5. The minimum atomic E-state index is -0.605. The number of nitrogens with two attached hydrogens (primary N) is 1. The highest BCUT2D eigenvalue weighted by Gasteiger charge is 2.08. The summed E-state index contributed by atoms with van der Waals surface area (Å²) in [5.74, 6) is -0.201. The summed E-state index contributed by atoms with van der Waals surface area (Å²) >= 11 is 5.62. The molecule has 0 amide bonds. The van der Waals surface area contributed by atoms with Crippen LogP contribution in [0.4, 0.5) is 10.1 Å². The number of nitrogens with zero attached hydrogens (tertiary/aromatic N) is 1. The molecule has 0 aliphatic carbocycles. The fraction of sp³-hybridized carbons (Fsp3) is 0. The number of ether oxygens (including phenoxy) is 1. The number of pyridine rings is 1. The van der Waals surface area contributed by atoms with Gasteiger partial charge in [-0.05, 0) is 12.1 Å². The van der Waals surface area contributed by atoms with E-state index in [0.29, 0.717) is 11.4 Å². The second-order valence-electron chi connectivity index (χ2n) is 3.11. The van der Waals surface area contributed by atoms with E-state index in [-0.39, 0.29) is 10.8 Å². The van der Waals surface area contributed by atoms with Crippen LogP contribution in [0.2, 0.25) is 5.02 Å². The summed E-state index contributed by atoms with van der Waals surface area (Å²) in [5, 5.41) is 0.00867. The van der Waals surface area contributed by atoms with Gasteiger partial charge in [0.2, 0.25) is 0 Å². The predicted octanol–water partition coefficient (Wildman–Crippen LogP) is 3.25. The van der Waals surface area contributed by atoms with Gasteiger partial charge in [0.15, 0.2) is 11.6 Å². The summed E-state index contributed by atoms with van der Waals surface area (Å²) < 4.78 is 18.7. The second-order valence-corrected chi connectivity index (χ2v) is 3.52. The lowest BCUT2D eigenvalue weighted by atomic mass is 10.3. The molecular weight excluding hydrogens is 231 g/mol. The normalized spacial score (nSPS) is 10.1. The van der Waals surface area contributed by atoms with Gasteiger partial charge in [-0.1, -0.05) is 17.7 Å². The maximum atomic E-state index is 13.5. The molecular formula is C11H8ClFN2O.